The SMILES string of the molecule is CC(=O)Nc1ccc(CC(=O)OC(C)c2ccc(F)cc2)cc1. The minimum absolute atomic E-state index is 0.131. The molecule has 2 aromatic carbocycles. The van der Waals surface area contributed by atoms with Gasteiger partial charge in [-0.05, 0) is 42.3 Å². The maximum Gasteiger partial charge on any atom is 0.310 e. The summed E-state index contributed by atoms with van der Waals surface area (Å²) in [6.45, 7) is 3.17. The third kappa shape index (κ3) is 5.21. The van der Waals surface area contributed by atoms with Gasteiger partial charge in [0.1, 0.15) is 11.9 Å². The number of hydrogen-bond donors (Lipinski definition) is 1. The van der Waals surface area contributed by atoms with Crippen molar-refractivity contribution in [1.29, 1.82) is 0 Å². The summed E-state index contributed by atoms with van der Waals surface area (Å²) in [5.74, 6) is -0.842. The molecule has 0 saturated heterocycles. The Morgan fingerprint density at radius 3 is 2.26 bits per heavy atom. The van der Waals surface area contributed by atoms with Crippen LogP contribution < -0.4 is 5.32 Å². The molecule has 1 unspecified atom stereocenters. The summed E-state index contributed by atoms with van der Waals surface area (Å²) in [7, 11) is 0. The van der Waals surface area contributed by atoms with Crippen LogP contribution in [0.2, 0.25) is 0 Å². The summed E-state index contributed by atoms with van der Waals surface area (Å²) in [5.41, 5.74) is 2.20. The molecule has 0 aliphatic heterocycles. The summed E-state index contributed by atoms with van der Waals surface area (Å²) in [4.78, 5) is 22.9. The lowest BCUT2D eigenvalue weighted by Crippen LogP contribution is -2.11. The normalized spacial score (nSPS) is 11.6. The largest absolute Gasteiger partial charge is 0.458 e. The molecule has 0 spiro atoms. The van der Waals surface area contributed by atoms with Gasteiger partial charge >= 0.3 is 5.97 Å². The zero-order chi connectivity index (χ0) is 16.8. The Bertz CT molecular complexity index is 680. The maximum atomic E-state index is 12.9. The van der Waals surface area contributed by atoms with E-state index in [9.17, 15) is 14.0 Å². The number of carbonyl (C=O) groups excluding carboxylic acids is 2. The first kappa shape index (κ1) is 16.7. The molecule has 0 fully saturated rings. The number of esters is 1. The highest BCUT2D eigenvalue weighted by Gasteiger charge is 2.12. The minimum atomic E-state index is -0.443. The third-order valence-electron chi connectivity index (χ3n) is 3.27. The van der Waals surface area contributed by atoms with Crippen molar-refractivity contribution in [1.82, 2.24) is 0 Å². The van der Waals surface area contributed by atoms with Gasteiger partial charge in [-0.1, -0.05) is 24.3 Å². The molecular weight excluding hydrogens is 297 g/mol. The molecule has 1 amide bonds. The second-order valence-electron chi connectivity index (χ2n) is 5.24. The van der Waals surface area contributed by atoms with Crippen molar-refractivity contribution in [3.63, 3.8) is 0 Å². The fourth-order valence-electron chi connectivity index (χ4n) is 2.12. The monoisotopic (exact) mass is 315 g/mol. The van der Waals surface area contributed by atoms with E-state index in [0.717, 1.165) is 11.1 Å². The number of amides is 1. The summed E-state index contributed by atoms with van der Waals surface area (Å²) in [6, 6.07) is 12.8. The van der Waals surface area contributed by atoms with Crippen LogP contribution in [0.5, 0.6) is 0 Å². The van der Waals surface area contributed by atoms with Crippen LogP contribution in [0.15, 0.2) is 48.5 Å². The van der Waals surface area contributed by atoms with E-state index in [-0.39, 0.29) is 24.1 Å². The molecule has 0 aliphatic rings. The molecular formula is C18H18FNO3. The van der Waals surface area contributed by atoms with E-state index in [2.05, 4.69) is 5.32 Å². The van der Waals surface area contributed by atoms with Gasteiger partial charge in [0.25, 0.3) is 0 Å². The average Bonchev–Trinajstić information content (AvgIpc) is 2.49. The molecule has 120 valence electrons. The lowest BCUT2D eigenvalue weighted by atomic mass is 10.1. The minimum Gasteiger partial charge on any atom is -0.458 e. The van der Waals surface area contributed by atoms with E-state index in [4.69, 9.17) is 4.74 Å². The summed E-state index contributed by atoms with van der Waals surface area (Å²) in [6.07, 6.45) is -0.312. The Morgan fingerprint density at radius 1 is 1.09 bits per heavy atom. The highest BCUT2D eigenvalue weighted by molar-refractivity contribution is 5.88. The number of rotatable bonds is 5. The smallest absolute Gasteiger partial charge is 0.310 e. The van der Waals surface area contributed by atoms with Gasteiger partial charge in [0.15, 0.2) is 0 Å². The van der Waals surface area contributed by atoms with Crippen LogP contribution in [0.3, 0.4) is 0 Å². The van der Waals surface area contributed by atoms with Crippen LogP contribution in [0, 0.1) is 5.82 Å². The third-order valence-corrected chi connectivity index (χ3v) is 3.27. The number of nitrogens with one attached hydrogen (secondary N) is 1. The van der Waals surface area contributed by atoms with Gasteiger partial charge in [-0.25, -0.2) is 4.39 Å². The molecule has 2 aromatic rings. The summed E-state index contributed by atoms with van der Waals surface area (Å²) >= 11 is 0. The Labute approximate surface area is 134 Å². The summed E-state index contributed by atoms with van der Waals surface area (Å²) < 4.78 is 18.2. The van der Waals surface area contributed by atoms with E-state index in [1.54, 1.807) is 43.3 Å². The van der Waals surface area contributed by atoms with E-state index >= 15 is 0 Å². The van der Waals surface area contributed by atoms with Gasteiger partial charge < -0.3 is 10.1 Å². The molecule has 23 heavy (non-hydrogen) atoms. The van der Waals surface area contributed by atoms with E-state index in [1.807, 2.05) is 0 Å². The predicted octanol–water partition coefficient (Wildman–Crippen LogP) is 3.63. The van der Waals surface area contributed by atoms with Gasteiger partial charge in [0, 0.05) is 12.6 Å². The molecule has 0 aliphatic carbocycles. The fraction of sp³-hybridized carbons (Fsp3) is 0.222. The van der Waals surface area contributed by atoms with E-state index < -0.39 is 6.10 Å². The molecule has 0 saturated carbocycles. The van der Waals surface area contributed by atoms with Crippen molar-refractivity contribution in [2.45, 2.75) is 26.4 Å². The van der Waals surface area contributed by atoms with E-state index in [0.29, 0.717) is 5.69 Å². The Balaban J connectivity index is 1.91. The molecule has 0 radical (unpaired) electrons. The predicted molar refractivity (Wildman–Crippen MR) is 85.4 cm³/mol. The lowest BCUT2D eigenvalue weighted by molar-refractivity contribution is -0.147. The van der Waals surface area contributed by atoms with Crippen LogP contribution in [0.4, 0.5) is 10.1 Å². The number of anilines is 1. The van der Waals surface area contributed by atoms with Crippen LogP contribution in [0.25, 0.3) is 0 Å². The topological polar surface area (TPSA) is 55.4 Å². The number of hydrogen-bond acceptors (Lipinski definition) is 3. The van der Waals surface area contributed by atoms with Gasteiger partial charge in [-0.2, -0.15) is 0 Å². The average molecular weight is 315 g/mol. The Hall–Kier alpha value is -2.69. The van der Waals surface area contributed by atoms with Crippen LogP contribution in [0.1, 0.15) is 31.1 Å². The molecule has 0 heterocycles. The van der Waals surface area contributed by atoms with Gasteiger partial charge in [0.05, 0.1) is 6.42 Å². The first-order valence-electron chi connectivity index (χ1n) is 7.25. The fourth-order valence-corrected chi connectivity index (χ4v) is 2.12. The van der Waals surface area contributed by atoms with Crippen molar-refractivity contribution < 1.29 is 18.7 Å². The highest BCUT2D eigenvalue weighted by atomic mass is 19.1. The maximum absolute atomic E-state index is 12.9. The van der Waals surface area contributed by atoms with E-state index in [1.165, 1.54) is 19.1 Å². The van der Waals surface area contributed by atoms with Crippen molar-refractivity contribution in [2.24, 2.45) is 0 Å². The molecule has 2 rings (SSSR count). The standard InChI is InChI=1S/C18H18FNO3/c1-12(15-5-7-16(19)8-6-15)23-18(22)11-14-3-9-17(10-4-14)20-13(2)21/h3-10,12H,11H2,1-2H3,(H,20,21). The first-order valence-corrected chi connectivity index (χ1v) is 7.25. The number of halogens is 1. The molecule has 5 heteroatoms. The Morgan fingerprint density at radius 2 is 1.70 bits per heavy atom. The second kappa shape index (κ2) is 7.54. The van der Waals surface area contributed by atoms with Crippen molar-refractivity contribution in [3.8, 4) is 0 Å². The molecule has 0 aromatic heterocycles. The molecule has 1 N–H and O–H groups in total. The van der Waals surface area contributed by atoms with Crippen LogP contribution >= 0.6 is 0 Å². The van der Waals surface area contributed by atoms with Crippen molar-refractivity contribution >= 4 is 17.6 Å². The Kier molecular flexibility index (Phi) is 5.46. The quantitative estimate of drug-likeness (QED) is 0.857. The molecule has 4 nitrogen and oxygen atoms in total. The summed E-state index contributed by atoms with van der Waals surface area (Å²) in [5, 5.41) is 2.66. The lowest BCUT2D eigenvalue weighted by Gasteiger charge is -2.13. The number of carbonyl (C=O) groups is 2. The van der Waals surface area contributed by atoms with Crippen LogP contribution in [-0.2, 0) is 20.7 Å². The van der Waals surface area contributed by atoms with Gasteiger partial charge in [-0.3, -0.25) is 9.59 Å². The zero-order valence-corrected chi connectivity index (χ0v) is 13.0. The van der Waals surface area contributed by atoms with Crippen molar-refractivity contribution in [3.05, 3.63) is 65.5 Å². The highest BCUT2D eigenvalue weighted by Crippen LogP contribution is 2.18. The van der Waals surface area contributed by atoms with Gasteiger partial charge in [0.2, 0.25) is 5.91 Å². The second-order valence-corrected chi connectivity index (χ2v) is 5.24. The number of benzene rings is 2. The molecule has 0 bridgehead atoms. The van der Waals surface area contributed by atoms with Gasteiger partial charge in [-0.15, -0.1) is 0 Å². The van der Waals surface area contributed by atoms with Crippen molar-refractivity contribution in [2.75, 3.05) is 5.32 Å². The number of ether oxygens (including phenoxy) is 1. The molecule has 1 atom stereocenters. The van der Waals surface area contributed by atoms with Crippen LogP contribution in [-0.4, -0.2) is 11.9 Å². The first-order chi connectivity index (χ1) is 10.9. The zero-order valence-electron chi connectivity index (χ0n) is 13.0.